The molecule has 0 bridgehead atoms. The van der Waals surface area contributed by atoms with Crippen molar-refractivity contribution in [3.63, 3.8) is 0 Å². The molecule has 0 saturated carbocycles. The van der Waals surface area contributed by atoms with Crippen molar-refractivity contribution < 1.29 is 43.5 Å². The molecule has 0 unspecified atom stereocenters. The quantitative estimate of drug-likeness (QED) is 0.318. The number of rotatable bonds is 6. The first-order valence-electron chi connectivity index (χ1n) is 2.84. The van der Waals surface area contributed by atoms with Crippen molar-refractivity contribution in [1.29, 1.82) is 0 Å². The zero-order valence-electron chi connectivity index (χ0n) is 6.66. The van der Waals surface area contributed by atoms with Gasteiger partial charge in [0.1, 0.15) is 6.72 Å². The third-order valence-corrected chi connectivity index (χ3v) is 2.59. The van der Waals surface area contributed by atoms with Gasteiger partial charge in [0.15, 0.2) is 0 Å². The van der Waals surface area contributed by atoms with Crippen LogP contribution in [0.3, 0.4) is 0 Å². The van der Waals surface area contributed by atoms with Gasteiger partial charge in [0, 0.05) is 11.8 Å². The molecule has 0 aromatic heterocycles. The Morgan fingerprint density at radius 1 is 1.17 bits per heavy atom. The van der Waals surface area contributed by atoms with Crippen molar-refractivity contribution in [2.24, 2.45) is 0 Å². The molecule has 3 nitrogen and oxygen atoms in total. The Morgan fingerprint density at radius 3 is 1.75 bits per heavy atom. The molecule has 0 aliphatic heterocycles. The van der Waals surface area contributed by atoms with E-state index in [0.717, 1.165) is 0 Å². The van der Waals surface area contributed by atoms with Crippen molar-refractivity contribution in [1.82, 2.24) is 0 Å². The minimum absolute atomic E-state index is 0. The van der Waals surface area contributed by atoms with Crippen LogP contribution < -0.4 is 34.5 Å². The second kappa shape index (κ2) is 9.66. The molecular formula is C4H8Cl2NaO3PS. The van der Waals surface area contributed by atoms with Gasteiger partial charge in [-0.3, -0.25) is 0 Å². The summed E-state index contributed by atoms with van der Waals surface area (Å²) in [5.41, 5.74) is 0. The van der Waals surface area contributed by atoms with Crippen molar-refractivity contribution in [3.8, 4) is 0 Å². The Balaban J connectivity index is 0. The number of hydrogen-bond donors (Lipinski definition) is 0. The Labute approximate surface area is 109 Å². The van der Waals surface area contributed by atoms with Gasteiger partial charge in [-0.25, -0.2) is 0 Å². The van der Waals surface area contributed by atoms with Gasteiger partial charge in [-0.05, 0) is 0 Å². The fourth-order valence-electron chi connectivity index (χ4n) is 0.330. The predicted molar refractivity (Wildman–Crippen MR) is 47.6 cm³/mol. The molecule has 8 heteroatoms. The summed E-state index contributed by atoms with van der Waals surface area (Å²) in [6, 6.07) is 0. The Morgan fingerprint density at radius 2 is 1.50 bits per heavy atom. The van der Waals surface area contributed by atoms with Crippen molar-refractivity contribution in [2.45, 2.75) is 0 Å². The molecule has 12 heavy (non-hydrogen) atoms. The van der Waals surface area contributed by atoms with Gasteiger partial charge in [0.2, 0.25) is 0 Å². The third-order valence-electron chi connectivity index (χ3n) is 0.653. The number of alkyl halides is 2. The summed E-state index contributed by atoms with van der Waals surface area (Å²) in [7, 11) is 0. The van der Waals surface area contributed by atoms with Crippen LogP contribution in [0.5, 0.6) is 0 Å². The van der Waals surface area contributed by atoms with Crippen LogP contribution in [0.1, 0.15) is 0 Å². The van der Waals surface area contributed by atoms with Crippen LogP contribution in [0.15, 0.2) is 0 Å². The smallest absolute Gasteiger partial charge is 0.780 e. The summed E-state index contributed by atoms with van der Waals surface area (Å²) in [5.74, 6) is 0.482. The predicted octanol–water partition coefficient (Wildman–Crippen LogP) is -1.91. The molecule has 0 fully saturated rings. The SMILES string of the molecule is [Na+].[O-]P(=S)(OCCCl)OCCCl. The molecule has 0 heterocycles. The maximum atomic E-state index is 11.0. The Kier molecular flexibility index (Phi) is 13.3. The topological polar surface area (TPSA) is 41.5 Å². The normalized spacial score (nSPS) is 10.9. The van der Waals surface area contributed by atoms with Gasteiger partial charge in [-0.15, -0.1) is 23.2 Å². The molecule has 0 rings (SSSR count). The fourth-order valence-corrected chi connectivity index (χ4v) is 1.85. The van der Waals surface area contributed by atoms with Crippen LogP contribution in [0.2, 0.25) is 0 Å². The van der Waals surface area contributed by atoms with Crippen LogP contribution in [0, 0.1) is 0 Å². The van der Waals surface area contributed by atoms with Crippen LogP contribution in [-0.4, -0.2) is 25.0 Å². The van der Waals surface area contributed by atoms with E-state index in [9.17, 15) is 4.89 Å². The first-order valence-corrected chi connectivity index (χ1v) is 6.47. The minimum Gasteiger partial charge on any atom is -0.780 e. The molecule has 0 saturated heterocycles. The van der Waals surface area contributed by atoms with Crippen LogP contribution in [0.4, 0.5) is 0 Å². The molecule has 0 atom stereocenters. The van der Waals surface area contributed by atoms with E-state index in [1.165, 1.54) is 0 Å². The van der Waals surface area contributed by atoms with Gasteiger partial charge >= 0.3 is 29.6 Å². The average molecular weight is 261 g/mol. The summed E-state index contributed by atoms with van der Waals surface area (Å²) in [5, 5.41) is 0. The maximum absolute atomic E-state index is 11.0. The van der Waals surface area contributed by atoms with E-state index in [1.54, 1.807) is 0 Å². The third kappa shape index (κ3) is 10.2. The van der Waals surface area contributed by atoms with Gasteiger partial charge in [-0.1, -0.05) is 11.8 Å². The summed E-state index contributed by atoms with van der Waals surface area (Å²) in [4.78, 5) is 11.0. The van der Waals surface area contributed by atoms with E-state index in [2.05, 4.69) is 20.9 Å². The molecule has 0 aliphatic rings. The second-order valence-corrected chi connectivity index (χ2v) is 5.00. The molecule has 0 radical (unpaired) electrons. The Hall–Kier alpha value is 2.11. The molecule has 0 aromatic carbocycles. The van der Waals surface area contributed by atoms with Gasteiger partial charge in [0.05, 0.1) is 13.2 Å². The van der Waals surface area contributed by atoms with Gasteiger partial charge in [0.25, 0.3) is 0 Å². The zero-order valence-corrected chi connectivity index (χ0v) is 11.9. The van der Waals surface area contributed by atoms with E-state index in [4.69, 9.17) is 23.2 Å². The number of halogens is 2. The van der Waals surface area contributed by atoms with Crippen LogP contribution in [0.25, 0.3) is 0 Å². The second-order valence-electron chi connectivity index (χ2n) is 1.49. The van der Waals surface area contributed by atoms with Gasteiger partial charge < -0.3 is 13.9 Å². The van der Waals surface area contributed by atoms with E-state index in [-0.39, 0.29) is 54.5 Å². The molecule has 0 N–H and O–H groups in total. The van der Waals surface area contributed by atoms with E-state index in [0.29, 0.717) is 0 Å². The summed E-state index contributed by atoms with van der Waals surface area (Å²) >= 11 is 15.0. The molecule has 0 spiro atoms. The van der Waals surface area contributed by atoms with E-state index in [1.807, 2.05) is 0 Å². The summed E-state index contributed by atoms with van der Waals surface area (Å²) in [6.07, 6.45) is 0. The van der Waals surface area contributed by atoms with Gasteiger partial charge in [-0.2, -0.15) is 0 Å². The monoisotopic (exact) mass is 260 g/mol. The first kappa shape index (κ1) is 16.5. The molecule has 0 aliphatic carbocycles. The number of hydrogen-bond acceptors (Lipinski definition) is 4. The maximum Gasteiger partial charge on any atom is 1.00 e. The van der Waals surface area contributed by atoms with Crippen molar-refractivity contribution in [2.75, 3.05) is 25.0 Å². The zero-order chi connectivity index (χ0) is 8.74. The molecule has 0 aromatic rings. The fraction of sp³-hybridized carbons (Fsp3) is 1.00. The van der Waals surface area contributed by atoms with E-state index >= 15 is 0 Å². The molecular weight excluding hydrogens is 253 g/mol. The first-order chi connectivity index (χ1) is 5.12. The van der Waals surface area contributed by atoms with Crippen molar-refractivity contribution in [3.05, 3.63) is 0 Å². The van der Waals surface area contributed by atoms with Crippen molar-refractivity contribution >= 4 is 41.7 Å². The van der Waals surface area contributed by atoms with Crippen LogP contribution >= 0.6 is 29.9 Å². The molecule has 0 amide bonds. The standard InChI is InChI=1S/C4H9Cl2O3PS.Na/c5-1-3-8-10(7,11)9-4-2-6;/h1-4H2,(H,7,11);/q;+1/p-1. The van der Waals surface area contributed by atoms with Crippen LogP contribution in [-0.2, 0) is 20.9 Å². The largest absolute Gasteiger partial charge is 1.00 e. The van der Waals surface area contributed by atoms with E-state index < -0.39 is 6.72 Å². The average Bonchev–Trinajstić information content (AvgIpc) is 1.97. The Bertz CT molecular complexity index is 138. The minimum atomic E-state index is -3.31. The summed E-state index contributed by atoms with van der Waals surface area (Å²) < 4.78 is 9.28. The summed E-state index contributed by atoms with van der Waals surface area (Å²) in [6.45, 7) is -3.05. The molecule has 68 valence electrons.